The van der Waals surface area contributed by atoms with Gasteiger partial charge in [0.1, 0.15) is 11.5 Å². The molecule has 0 atom stereocenters. The Morgan fingerprint density at radius 2 is 1.88 bits per heavy atom. The van der Waals surface area contributed by atoms with Gasteiger partial charge in [-0.25, -0.2) is 5.43 Å². The van der Waals surface area contributed by atoms with Crippen LogP contribution in [0.1, 0.15) is 18.6 Å². The molecule has 1 aromatic carbocycles. The van der Waals surface area contributed by atoms with E-state index in [0.29, 0.717) is 34.7 Å². The lowest BCUT2D eigenvalue weighted by atomic mass is 10.2. The number of furan rings is 1. The molecule has 1 fully saturated rings. The third kappa shape index (κ3) is 4.21. The van der Waals surface area contributed by atoms with Crippen LogP contribution >= 0.6 is 23.2 Å². The van der Waals surface area contributed by atoms with Crippen molar-refractivity contribution >= 4 is 41.2 Å². The van der Waals surface area contributed by atoms with Crippen LogP contribution in [0.2, 0.25) is 10.0 Å². The Bertz CT molecular complexity index is 826. The number of carbonyl (C=O) groups excluding carboxylic acids is 2. The third-order valence-electron chi connectivity index (χ3n) is 3.78. The number of nitrogens with zero attached hydrogens (tertiary/aromatic N) is 2. The molecule has 2 heterocycles. The average Bonchev–Trinajstić information content (AvgIpc) is 3.28. The molecule has 0 spiro atoms. The highest BCUT2D eigenvalue weighted by Crippen LogP contribution is 2.29. The lowest BCUT2D eigenvalue weighted by Gasteiger charge is -2.12. The van der Waals surface area contributed by atoms with Crippen molar-refractivity contribution in [2.75, 3.05) is 13.1 Å². The number of benzene rings is 1. The summed E-state index contributed by atoms with van der Waals surface area (Å²) >= 11 is 11.9. The lowest BCUT2D eigenvalue weighted by Crippen LogP contribution is -2.39. The van der Waals surface area contributed by atoms with Gasteiger partial charge in [-0.05, 0) is 43.2 Å². The molecule has 1 aliphatic heterocycles. The monoisotopic (exact) mass is 379 g/mol. The van der Waals surface area contributed by atoms with E-state index in [1.807, 2.05) is 0 Å². The van der Waals surface area contributed by atoms with Crippen molar-refractivity contribution in [3.63, 3.8) is 0 Å². The summed E-state index contributed by atoms with van der Waals surface area (Å²) in [4.78, 5) is 25.1. The van der Waals surface area contributed by atoms with Crippen molar-refractivity contribution in [1.29, 1.82) is 0 Å². The fourth-order valence-corrected chi connectivity index (χ4v) is 2.79. The van der Waals surface area contributed by atoms with Crippen LogP contribution in [0.4, 0.5) is 0 Å². The summed E-state index contributed by atoms with van der Waals surface area (Å²) in [5, 5.41) is 4.65. The van der Waals surface area contributed by atoms with Crippen LogP contribution < -0.4 is 5.43 Å². The molecular formula is C17H15Cl2N3O3. The minimum Gasteiger partial charge on any atom is -0.455 e. The summed E-state index contributed by atoms with van der Waals surface area (Å²) in [5.74, 6) is -0.311. The molecule has 1 N–H and O–H groups in total. The topological polar surface area (TPSA) is 74.9 Å². The zero-order chi connectivity index (χ0) is 17.8. The molecule has 0 radical (unpaired) electrons. The highest BCUT2D eigenvalue weighted by Gasteiger charge is 2.23. The molecule has 6 nitrogen and oxygen atoms in total. The summed E-state index contributed by atoms with van der Waals surface area (Å²) in [7, 11) is 0. The van der Waals surface area contributed by atoms with E-state index in [9.17, 15) is 9.59 Å². The molecular weight excluding hydrogens is 365 g/mol. The normalized spacial score (nSPS) is 14.2. The third-order valence-corrected chi connectivity index (χ3v) is 4.52. The zero-order valence-electron chi connectivity index (χ0n) is 13.2. The van der Waals surface area contributed by atoms with E-state index < -0.39 is 11.8 Å². The molecule has 130 valence electrons. The predicted octanol–water partition coefficient (Wildman–Crippen LogP) is 3.33. The minimum absolute atomic E-state index is 0.426. The number of likely N-dealkylation sites (tertiary alicyclic amines) is 1. The standard InChI is InChI=1S/C17H15Cl2N3O3/c18-13-5-3-11(9-14(13)19)15-6-4-12(25-15)10-20-21-16(23)17(24)22-7-1-2-8-22/h3-6,9-10H,1-2,7-8H2,(H,21,23)/b20-10-. The second kappa shape index (κ2) is 7.72. The van der Waals surface area contributed by atoms with Crippen molar-refractivity contribution in [1.82, 2.24) is 10.3 Å². The van der Waals surface area contributed by atoms with Gasteiger partial charge in [-0.1, -0.05) is 23.2 Å². The molecule has 0 unspecified atom stereocenters. The van der Waals surface area contributed by atoms with E-state index in [2.05, 4.69) is 10.5 Å². The summed E-state index contributed by atoms with van der Waals surface area (Å²) in [5.41, 5.74) is 2.98. The van der Waals surface area contributed by atoms with Gasteiger partial charge in [0, 0.05) is 18.7 Å². The zero-order valence-corrected chi connectivity index (χ0v) is 14.7. The van der Waals surface area contributed by atoms with Crippen molar-refractivity contribution in [2.24, 2.45) is 5.10 Å². The van der Waals surface area contributed by atoms with Crippen LogP contribution in [0.15, 0.2) is 39.9 Å². The minimum atomic E-state index is -0.755. The van der Waals surface area contributed by atoms with E-state index in [-0.39, 0.29) is 0 Å². The van der Waals surface area contributed by atoms with Crippen molar-refractivity contribution in [3.8, 4) is 11.3 Å². The number of hydrogen-bond donors (Lipinski definition) is 1. The number of hydrazone groups is 1. The van der Waals surface area contributed by atoms with E-state index >= 15 is 0 Å². The lowest BCUT2D eigenvalue weighted by molar-refractivity contribution is -0.145. The van der Waals surface area contributed by atoms with Crippen molar-refractivity contribution in [2.45, 2.75) is 12.8 Å². The predicted molar refractivity (Wildman–Crippen MR) is 95.7 cm³/mol. The molecule has 2 aromatic rings. The molecule has 0 saturated carbocycles. The summed E-state index contributed by atoms with van der Waals surface area (Å²) in [6.45, 7) is 1.22. The van der Waals surface area contributed by atoms with Gasteiger partial charge in [-0.2, -0.15) is 5.10 Å². The molecule has 1 aromatic heterocycles. The second-order valence-corrected chi connectivity index (χ2v) is 6.34. The Balaban J connectivity index is 1.60. The van der Waals surface area contributed by atoms with Crippen LogP contribution in [0.25, 0.3) is 11.3 Å². The van der Waals surface area contributed by atoms with Gasteiger partial charge in [0.25, 0.3) is 0 Å². The highest BCUT2D eigenvalue weighted by molar-refractivity contribution is 6.42. The fraction of sp³-hybridized carbons (Fsp3) is 0.235. The maximum absolute atomic E-state index is 11.8. The number of halogens is 2. The first-order valence-electron chi connectivity index (χ1n) is 7.72. The maximum atomic E-state index is 11.8. The highest BCUT2D eigenvalue weighted by atomic mass is 35.5. The van der Waals surface area contributed by atoms with Crippen LogP contribution in [0.3, 0.4) is 0 Å². The molecule has 2 amide bonds. The molecule has 1 saturated heterocycles. The molecule has 3 rings (SSSR count). The second-order valence-electron chi connectivity index (χ2n) is 5.53. The van der Waals surface area contributed by atoms with Gasteiger partial charge >= 0.3 is 11.8 Å². The number of rotatable bonds is 3. The average molecular weight is 380 g/mol. The Kier molecular flexibility index (Phi) is 5.40. The van der Waals surface area contributed by atoms with Crippen molar-refractivity contribution in [3.05, 3.63) is 46.1 Å². The van der Waals surface area contributed by atoms with Crippen LogP contribution in [0, 0.1) is 0 Å². The van der Waals surface area contributed by atoms with Crippen LogP contribution in [-0.2, 0) is 9.59 Å². The quantitative estimate of drug-likeness (QED) is 0.504. The first-order chi connectivity index (χ1) is 12.0. The Morgan fingerprint density at radius 1 is 1.12 bits per heavy atom. The maximum Gasteiger partial charge on any atom is 0.329 e. The number of nitrogens with one attached hydrogen (secondary N) is 1. The Morgan fingerprint density at radius 3 is 2.60 bits per heavy atom. The summed E-state index contributed by atoms with van der Waals surface area (Å²) in [6.07, 6.45) is 3.18. The summed E-state index contributed by atoms with van der Waals surface area (Å²) in [6, 6.07) is 8.60. The first kappa shape index (κ1) is 17.5. The van der Waals surface area contributed by atoms with Crippen LogP contribution in [0.5, 0.6) is 0 Å². The van der Waals surface area contributed by atoms with Crippen LogP contribution in [-0.4, -0.2) is 36.0 Å². The van der Waals surface area contributed by atoms with E-state index in [1.165, 1.54) is 11.1 Å². The summed E-state index contributed by atoms with van der Waals surface area (Å²) < 4.78 is 5.61. The van der Waals surface area contributed by atoms with E-state index in [1.54, 1.807) is 30.3 Å². The number of amides is 2. The van der Waals surface area contributed by atoms with Gasteiger partial charge < -0.3 is 9.32 Å². The van der Waals surface area contributed by atoms with E-state index in [0.717, 1.165) is 18.4 Å². The molecule has 1 aliphatic rings. The molecule has 25 heavy (non-hydrogen) atoms. The molecule has 0 aliphatic carbocycles. The molecule has 8 heteroatoms. The number of carbonyl (C=O) groups is 2. The number of hydrogen-bond acceptors (Lipinski definition) is 4. The smallest absolute Gasteiger partial charge is 0.329 e. The van der Waals surface area contributed by atoms with E-state index in [4.69, 9.17) is 27.6 Å². The van der Waals surface area contributed by atoms with Gasteiger partial charge in [-0.3, -0.25) is 9.59 Å². The largest absolute Gasteiger partial charge is 0.455 e. The molecule has 0 bridgehead atoms. The Labute approximate surface area is 154 Å². The van der Waals surface area contributed by atoms with Crippen molar-refractivity contribution < 1.29 is 14.0 Å². The fourth-order valence-electron chi connectivity index (χ4n) is 2.49. The van der Waals surface area contributed by atoms with Gasteiger partial charge in [0.05, 0.1) is 16.3 Å². The van der Waals surface area contributed by atoms with Gasteiger partial charge in [0.2, 0.25) is 0 Å². The van der Waals surface area contributed by atoms with Gasteiger partial charge in [0.15, 0.2) is 0 Å². The first-order valence-corrected chi connectivity index (χ1v) is 8.48. The SMILES string of the molecule is O=C(N/N=C\c1ccc(-c2ccc(Cl)c(Cl)c2)o1)C(=O)N1CCCC1. The van der Waals surface area contributed by atoms with Gasteiger partial charge in [-0.15, -0.1) is 0 Å². The Hall–Kier alpha value is -2.31.